The molecular weight excluding hydrogens is 348 g/mol. The molecule has 2 rings (SSSR count). The fourth-order valence-electron chi connectivity index (χ4n) is 2.36. The van der Waals surface area contributed by atoms with Gasteiger partial charge < -0.3 is 15.4 Å². The molecule has 0 aromatic heterocycles. The number of benzene rings is 2. The second kappa shape index (κ2) is 8.95. The summed E-state index contributed by atoms with van der Waals surface area (Å²) in [6.45, 7) is 9.55. The summed E-state index contributed by atoms with van der Waals surface area (Å²) in [7, 11) is 0. The molecule has 140 valence electrons. The summed E-state index contributed by atoms with van der Waals surface area (Å²) in [6, 6.07) is 13.3. The van der Waals surface area contributed by atoms with Crippen LogP contribution in [0.15, 0.2) is 42.5 Å². The summed E-state index contributed by atoms with van der Waals surface area (Å²) in [4.78, 5) is 11.9. The fourth-order valence-corrected chi connectivity index (χ4v) is 2.54. The number of nitrogens with one attached hydrogen (secondary N) is 2. The fraction of sp³-hybridized carbons (Fsp3) is 0.381. The Labute approximate surface area is 160 Å². The third-order valence-corrected chi connectivity index (χ3v) is 4.43. The standard InChI is InChI=1S/C21H27ClN2O2/c1-15-6-9-17(14-19(15)22)24-20(25)23-12-5-13-26-18-10-7-16(8-11-18)21(2,3)4/h6-11,14H,5,12-13H2,1-4H3,(H2,23,24,25). The van der Waals surface area contributed by atoms with E-state index in [1.165, 1.54) is 5.56 Å². The van der Waals surface area contributed by atoms with Gasteiger partial charge in [-0.2, -0.15) is 0 Å². The minimum atomic E-state index is -0.251. The van der Waals surface area contributed by atoms with Crippen LogP contribution >= 0.6 is 11.6 Å². The van der Waals surface area contributed by atoms with Crippen molar-refractivity contribution in [1.29, 1.82) is 0 Å². The van der Waals surface area contributed by atoms with Crippen LogP contribution in [0, 0.1) is 6.92 Å². The van der Waals surface area contributed by atoms with Crippen molar-refractivity contribution in [3.05, 3.63) is 58.6 Å². The van der Waals surface area contributed by atoms with E-state index in [9.17, 15) is 4.79 Å². The van der Waals surface area contributed by atoms with Gasteiger partial charge in [-0.25, -0.2) is 4.79 Å². The van der Waals surface area contributed by atoms with E-state index in [0.29, 0.717) is 23.9 Å². The van der Waals surface area contributed by atoms with Crippen LogP contribution in [0.3, 0.4) is 0 Å². The summed E-state index contributed by atoms with van der Waals surface area (Å²) in [6.07, 6.45) is 0.725. The molecule has 0 fully saturated rings. The summed E-state index contributed by atoms with van der Waals surface area (Å²) in [5.41, 5.74) is 3.07. The number of aryl methyl sites for hydroxylation is 1. The minimum absolute atomic E-state index is 0.136. The first-order valence-corrected chi connectivity index (χ1v) is 9.18. The maximum atomic E-state index is 11.9. The van der Waals surface area contributed by atoms with Gasteiger partial charge in [0.15, 0.2) is 0 Å². The highest BCUT2D eigenvalue weighted by Crippen LogP contribution is 2.24. The Morgan fingerprint density at radius 3 is 2.42 bits per heavy atom. The molecule has 0 aliphatic rings. The maximum absolute atomic E-state index is 11.9. The van der Waals surface area contributed by atoms with Crippen LogP contribution in [0.1, 0.15) is 38.3 Å². The van der Waals surface area contributed by atoms with Crippen molar-refractivity contribution in [1.82, 2.24) is 5.32 Å². The lowest BCUT2D eigenvalue weighted by Gasteiger charge is -2.19. The van der Waals surface area contributed by atoms with Gasteiger partial charge in [0.25, 0.3) is 0 Å². The van der Waals surface area contributed by atoms with Crippen molar-refractivity contribution >= 4 is 23.3 Å². The third kappa shape index (κ3) is 6.26. The minimum Gasteiger partial charge on any atom is -0.494 e. The van der Waals surface area contributed by atoms with Crippen LogP contribution in [0.5, 0.6) is 5.75 Å². The van der Waals surface area contributed by atoms with Crippen LogP contribution in [-0.4, -0.2) is 19.2 Å². The predicted octanol–water partition coefficient (Wildman–Crippen LogP) is 5.54. The molecule has 0 saturated carbocycles. The maximum Gasteiger partial charge on any atom is 0.319 e. The highest BCUT2D eigenvalue weighted by molar-refractivity contribution is 6.31. The van der Waals surface area contributed by atoms with Gasteiger partial charge in [0.1, 0.15) is 5.75 Å². The molecule has 0 radical (unpaired) electrons. The topological polar surface area (TPSA) is 50.4 Å². The largest absolute Gasteiger partial charge is 0.494 e. The Morgan fingerprint density at radius 2 is 1.81 bits per heavy atom. The zero-order valence-electron chi connectivity index (χ0n) is 15.9. The Balaban J connectivity index is 1.67. The van der Waals surface area contributed by atoms with Gasteiger partial charge in [0.2, 0.25) is 0 Å². The molecule has 0 saturated heterocycles. The lowest BCUT2D eigenvalue weighted by Crippen LogP contribution is -2.30. The van der Waals surface area contributed by atoms with Gasteiger partial charge >= 0.3 is 6.03 Å². The lowest BCUT2D eigenvalue weighted by molar-refractivity contribution is 0.250. The zero-order valence-corrected chi connectivity index (χ0v) is 16.6. The van der Waals surface area contributed by atoms with Crippen molar-refractivity contribution in [3.63, 3.8) is 0 Å². The number of urea groups is 1. The molecule has 0 atom stereocenters. The normalized spacial score (nSPS) is 11.1. The summed E-state index contributed by atoms with van der Waals surface area (Å²) in [5.74, 6) is 0.844. The van der Waals surface area contributed by atoms with Crippen LogP contribution in [0.4, 0.5) is 10.5 Å². The molecule has 26 heavy (non-hydrogen) atoms. The van der Waals surface area contributed by atoms with Crippen molar-refractivity contribution in [2.24, 2.45) is 0 Å². The van der Waals surface area contributed by atoms with Gasteiger partial charge in [0.05, 0.1) is 6.61 Å². The average molecular weight is 375 g/mol. The predicted molar refractivity (Wildman–Crippen MR) is 108 cm³/mol. The average Bonchev–Trinajstić information content (AvgIpc) is 2.57. The lowest BCUT2D eigenvalue weighted by atomic mass is 9.87. The quantitative estimate of drug-likeness (QED) is 0.652. The molecule has 2 N–H and O–H groups in total. The Hall–Kier alpha value is -2.20. The number of ether oxygens (including phenoxy) is 1. The molecule has 2 aromatic carbocycles. The van der Waals surface area contributed by atoms with Crippen LogP contribution in [-0.2, 0) is 5.41 Å². The highest BCUT2D eigenvalue weighted by atomic mass is 35.5. The van der Waals surface area contributed by atoms with Gasteiger partial charge in [-0.3, -0.25) is 0 Å². The van der Waals surface area contributed by atoms with E-state index in [4.69, 9.17) is 16.3 Å². The molecule has 0 aliphatic heterocycles. The molecule has 4 nitrogen and oxygen atoms in total. The molecule has 0 bridgehead atoms. The third-order valence-electron chi connectivity index (χ3n) is 4.03. The van der Waals surface area contributed by atoms with E-state index in [2.05, 4.69) is 43.5 Å². The number of hydrogen-bond acceptors (Lipinski definition) is 2. The van der Waals surface area contributed by atoms with Crippen LogP contribution < -0.4 is 15.4 Å². The van der Waals surface area contributed by atoms with Gasteiger partial charge in [-0.05, 0) is 54.2 Å². The molecule has 2 amide bonds. The van der Waals surface area contributed by atoms with Gasteiger partial charge in [-0.15, -0.1) is 0 Å². The second-order valence-corrected chi connectivity index (χ2v) is 7.73. The molecule has 0 aliphatic carbocycles. The number of anilines is 1. The SMILES string of the molecule is Cc1ccc(NC(=O)NCCCOc2ccc(C(C)(C)C)cc2)cc1Cl. The van der Waals surface area contributed by atoms with E-state index in [1.807, 2.05) is 31.2 Å². The summed E-state index contributed by atoms with van der Waals surface area (Å²) in [5, 5.41) is 6.20. The van der Waals surface area contributed by atoms with Crippen LogP contribution in [0.25, 0.3) is 0 Å². The number of carbonyl (C=O) groups is 1. The Kier molecular flexibility index (Phi) is 6.92. The highest BCUT2D eigenvalue weighted by Gasteiger charge is 2.12. The monoisotopic (exact) mass is 374 g/mol. The van der Waals surface area contributed by atoms with Crippen molar-refractivity contribution in [2.45, 2.75) is 39.5 Å². The van der Waals surface area contributed by atoms with Crippen molar-refractivity contribution < 1.29 is 9.53 Å². The number of carbonyl (C=O) groups excluding carboxylic acids is 1. The number of halogens is 1. The summed E-state index contributed by atoms with van der Waals surface area (Å²) >= 11 is 6.05. The Bertz CT molecular complexity index is 737. The van der Waals surface area contributed by atoms with E-state index in [-0.39, 0.29) is 11.4 Å². The van der Waals surface area contributed by atoms with Gasteiger partial charge in [0, 0.05) is 17.3 Å². The van der Waals surface area contributed by atoms with E-state index < -0.39 is 0 Å². The van der Waals surface area contributed by atoms with Crippen molar-refractivity contribution in [2.75, 3.05) is 18.5 Å². The van der Waals surface area contributed by atoms with Crippen molar-refractivity contribution in [3.8, 4) is 5.75 Å². The van der Waals surface area contributed by atoms with Gasteiger partial charge in [-0.1, -0.05) is 50.6 Å². The number of hydrogen-bond donors (Lipinski definition) is 2. The van der Waals surface area contributed by atoms with E-state index in [1.54, 1.807) is 6.07 Å². The molecule has 0 unspecified atom stereocenters. The first-order chi connectivity index (χ1) is 12.3. The number of amides is 2. The molecule has 2 aromatic rings. The molecular formula is C21H27ClN2O2. The second-order valence-electron chi connectivity index (χ2n) is 7.32. The summed E-state index contributed by atoms with van der Waals surface area (Å²) < 4.78 is 5.71. The van der Waals surface area contributed by atoms with E-state index >= 15 is 0 Å². The first-order valence-electron chi connectivity index (χ1n) is 8.80. The smallest absolute Gasteiger partial charge is 0.319 e. The first kappa shape index (κ1) is 20.1. The molecule has 5 heteroatoms. The number of rotatable bonds is 6. The Morgan fingerprint density at radius 1 is 1.12 bits per heavy atom. The van der Waals surface area contributed by atoms with E-state index in [0.717, 1.165) is 17.7 Å². The van der Waals surface area contributed by atoms with Crippen LogP contribution in [0.2, 0.25) is 5.02 Å². The molecule has 0 heterocycles. The zero-order chi connectivity index (χ0) is 19.2. The molecule has 0 spiro atoms.